The molecule has 1 rings (SSSR count). The molecule has 0 radical (unpaired) electrons. The van der Waals surface area contributed by atoms with Crippen molar-refractivity contribution in [1.29, 1.82) is 0 Å². The Morgan fingerprint density at radius 2 is 1.42 bits per heavy atom. The molecule has 1 aliphatic rings. The average molecular weight is 779 g/mol. The highest BCUT2D eigenvalue weighted by Gasteiger charge is 2.39. The van der Waals surface area contributed by atoms with Crippen LogP contribution >= 0.6 is 7.82 Å². The summed E-state index contributed by atoms with van der Waals surface area (Å²) >= 11 is 0. The van der Waals surface area contributed by atoms with E-state index in [1.54, 1.807) is 12.2 Å². The molecule has 0 aromatic heterocycles. The van der Waals surface area contributed by atoms with E-state index in [9.17, 15) is 39.2 Å². The van der Waals surface area contributed by atoms with Crippen molar-refractivity contribution in [1.82, 2.24) is 0 Å². The lowest BCUT2D eigenvalue weighted by molar-refractivity contribution is -0.161. The highest BCUT2D eigenvalue weighted by molar-refractivity contribution is 7.47. The molecule has 0 bridgehead atoms. The van der Waals surface area contributed by atoms with Crippen LogP contribution in [-0.4, -0.2) is 93.9 Å². The predicted molar refractivity (Wildman–Crippen MR) is 202 cm³/mol. The van der Waals surface area contributed by atoms with E-state index in [-0.39, 0.29) is 37.6 Å². The minimum absolute atomic E-state index is 0.0171. The van der Waals surface area contributed by atoms with Gasteiger partial charge in [-0.1, -0.05) is 116 Å². The molecule has 5 N–H and O–H groups in total. The van der Waals surface area contributed by atoms with E-state index in [4.69, 9.17) is 19.1 Å². The quantitative estimate of drug-likeness (QED) is 0.0209. The van der Waals surface area contributed by atoms with Crippen molar-refractivity contribution in [2.24, 2.45) is 17.8 Å². The molecular formula is C39H71O13P. The molecule has 0 spiro atoms. The Bertz CT molecular complexity index is 1070. The van der Waals surface area contributed by atoms with Crippen molar-refractivity contribution >= 4 is 25.5 Å². The van der Waals surface area contributed by atoms with Crippen LogP contribution in [0.2, 0.25) is 0 Å². The third-order valence-corrected chi connectivity index (χ3v) is 10.5. The van der Waals surface area contributed by atoms with Gasteiger partial charge in [0.25, 0.3) is 0 Å². The number of hydrogen-bond donors (Lipinski definition) is 5. The first-order chi connectivity index (χ1) is 25.3. The first-order valence-electron chi connectivity index (χ1n) is 20.1. The summed E-state index contributed by atoms with van der Waals surface area (Å²) in [5.41, 5.74) is 0. The molecule has 0 aliphatic heterocycles. The second-order valence-corrected chi connectivity index (χ2v) is 16.4. The molecular weight excluding hydrogens is 707 g/mol. The monoisotopic (exact) mass is 778 g/mol. The Balaban J connectivity index is 2.50. The maximum absolute atomic E-state index is 12.7. The van der Waals surface area contributed by atoms with Crippen LogP contribution in [-0.2, 0) is 37.5 Å². The number of hydrogen-bond acceptors (Lipinski definition) is 12. The minimum atomic E-state index is -4.68. The molecule has 13 nitrogen and oxygen atoms in total. The van der Waals surface area contributed by atoms with E-state index in [1.165, 1.54) is 25.7 Å². The van der Waals surface area contributed by atoms with Gasteiger partial charge in [-0.05, 0) is 37.5 Å². The van der Waals surface area contributed by atoms with E-state index >= 15 is 0 Å². The largest absolute Gasteiger partial charge is 0.472 e. The van der Waals surface area contributed by atoms with Gasteiger partial charge < -0.3 is 34.8 Å². The SMILES string of the molecule is CCCCC[C@H](O)/C=C/[C@H]1C(=O)C[C@H](O)[C@@H]1CCCCCCC(=O)O[C@H](COC(=O)CCCCCCCCCC(C)C)COP(=O)(O)OC[C@@H](O)CO. The van der Waals surface area contributed by atoms with Gasteiger partial charge in [0.05, 0.1) is 32.0 Å². The third kappa shape index (κ3) is 25.2. The second-order valence-electron chi connectivity index (χ2n) is 14.9. The third-order valence-electron chi connectivity index (χ3n) is 9.51. The Labute approximate surface area is 317 Å². The highest BCUT2D eigenvalue weighted by atomic mass is 31.2. The normalized spacial score (nSPS) is 20.5. The van der Waals surface area contributed by atoms with Crippen molar-refractivity contribution < 1.29 is 62.8 Å². The summed E-state index contributed by atoms with van der Waals surface area (Å²) in [7, 11) is -4.68. The smallest absolute Gasteiger partial charge is 0.462 e. The van der Waals surface area contributed by atoms with E-state index in [1.807, 2.05) is 0 Å². The molecule has 1 saturated carbocycles. The summed E-state index contributed by atoms with van der Waals surface area (Å²) < 4.78 is 32.6. The number of unbranched alkanes of at least 4 members (excludes halogenated alkanes) is 11. The maximum atomic E-state index is 12.7. The minimum Gasteiger partial charge on any atom is -0.462 e. The molecule has 1 unspecified atom stereocenters. The summed E-state index contributed by atoms with van der Waals surface area (Å²) in [5.74, 6) is -1.00. The number of ketones is 1. The fraction of sp³-hybridized carbons (Fsp3) is 0.872. The second kappa shape index (κ2) is 29.6. The van der Waals surface area contributed by atoms with Crippen molar-refractivity contribution in [2.75, 3.05) is 26.4 Å². The zero-order valence-electron chi connectivity index (χ0n) is 32.6. The Kier molecular flexibility index (Phi) is 27.5. The molecule has 0 saturated heterocycles. The molecule has 1 aliphatic carbocycles. The Morgan fingerprint density at radius 1 is 0.830 bits per heavy atom. The van der Waals surface area contributed by atoms with Crippen LogP contribution in [0, 0.1) is 17.8 Å². The molecule has 1 fully saturated rings. The maximum Gasteiger partial charge on any atom is 0.472 e. The number of carbonyl (C=O) groups is 3. The lowest BCUT2D eigenvalue weighted by Gasteiger charge is -2.20. The average Bonchev–Trinajstić information content (AvgIpc) is 3.38. The van der Waals surface area contributed by atoms with Crippen LogP contribution in [0.3, 0.4) is 0 Å². The number of carbonyl (C=O) groups excluding carboxylic acids is 3. The Hall–Kier alpha value is -1.70. The zero-order chi connectivity index (χ0) is 39.5. The molecule has 0 aromatic rings. The topological polar surface area (TPSA) is 206 Å². The van der Waals surface area contributed by atoms with Crippen LogP contribution < -0.4 is 0 Å². The molecule has 310 valence electrons. The first-order valence-corrected chi connectivity index (χ1v) is 21.6. The van der Waals surface area contributed by atoms with Crippen LogP contribution in [0.4, 0.5) is 0 Å². The van der Waals surface area contributed by atoms with Gasteiger partial charge in [0, 0.05) is 25.2 Å². The van der Waals surface area contributed by atoms with Gasteiger partial charge in [0.2, 0.25) is 0 Å². The van der Waals surface area contributed by atoms with Gasteiger partial charge in [-0.25, -0.2) is 4.57 Å². The molecule has 0 heterocycles. The summed E-state index contributed by atoms with van der Waals surface area (Å²) in [5, 5.41) is 39.0. The molecule has 0 aromatic carbocycles. The number of aliphatic hydroxyl groups is 4. The number of ether oxygens (including phenoxy) is 2. The van der Waals surface area contributed by atoms with E-state index in [0.29, 0.717) is 32.1 Å². The summed E-state index contributed by atoms with van der Waals surface area (Å²) in [6.45, 7) is 4.23. The fourth-order valence-corrected chi connectivity index (χ4v) is 7.11. The zero-order valence-corrected chi connectivity index (χ0v) is 33.5. The number of phosphoric acid groups is 1. The van der Waals surface area contributed by atoms with E-state index in [2.05, 4.69) is 25.3 Å². The fourth-order valence-electron chi connectivity index (χ4n) is 6.32. The van der Waals surface area contributed by atoms with Gasteiger partial charge in [0.15, 0.2) is 6.10 Å². The number of phosphoric ester groups is 1. The van der Waals surface area contributed by atoms with Crippen molar-refractivity contribution in [3.05, 3.63) is 12.2 Å². The molecule has 0 amide bonds. The number of esters is 2. The van der Waals surface area contributed by atoms with Crippen molar-refractivity contribution in [3.63, 3.8) is 0 Å². The van der Waals surface area contributed by atoms with Crippen LogP contribution in [0.1, 0.15) is 149 Å². The van der Waals surface area contributed by atoms with Crippen LogP contribution in [0.15, 0.2) is 12.2 Å². The van der Waals surface area contributed by atoms with Gasteiger partial charge in [-0.15, -0.1) is 0 Å². The van der Waals surface area contributed by atoms with Gasteiger partial charge >= 0.3 is 19.8 Å². The lowest BCUT2D eigenvalue weighted by atomic mass is 9.88. The van der Waals surface area contributed by atoms with Gasteiger partial charge in [0.1, 0.15) is 18.5 Å². The van der Waals surface area contributed by atoms with E-state index < -0.39 is 69.9 Å². The molecule has 7 atom stereocenters. The standard InChI is InChI=1S/C39H71O13P/c1-4-5-13-19-31(41)23-24-35-34(36(43)25-37(35)44)20-15-11-12-17-22-39(46)52-33(29-51-53(47,48)50-27-32(42)26-40)28-49-38(45)21-16-10-8-6-7-9-14-18-30(2)3/h23-24,30-36,40-43H,4-22,25-29H2,1-3H3,(H,47,48)/b24-23+/t31-,32-,33+,34+,35+,36-/m0/s1. The summed E-state index contributed by atoms with van der Waals surface area (Å²) in [6, 6.07) is 0. The van der Waals surface area contributed by atoms with Crippen molar-refractivity contribution in [3.8, 4) is 0 Å². The van der Waals surface area contributed by atoms with E-state index in [0.717, 1.165) is 57.3 Å². The number of allylic oxidation sites excluding steroid dienone is 1. The number of aliphatic hydroxyl groups excluding tert-OH is 4. The van der Waals surface area contributed by atoms with Gasteiger partial charge in [-0.3, -0.25) is 23.4 Å². The summed E-state index contributed by atoms with van der Waals surface area (Å²) in [4.78, 5) is 47.5. The van der Waals surface area contributed by atoms with Crippen LogP contribution in [0.25, 0.3) is 0 Å². The summed E-state index contributed by atoms with van der Waals surface area (Å²) in [6.07, 6.45) is 15.5. The highest BCUT2D eigenvalue weighted by Crippen LogP contribution is 2.43. The molecule has 53 heavy (non-hydrogen) atoms. The van der Waals surface area contributed by atoms with Gasteiger partial charge in [-0.2, -0.15) is 0 Å². The number of Topliss-reactive ketones (excluding diaryl/α,β-unsaturated/α-hetero) is 1. The molecule has 14 heteroatoms. The lowest BCUT2D eigenvalue weighted by Crippen LogP contribution is -2.29. The Morgan fingerprint density at radius 3 is 2.06 bits per heavy atom. The van der Waals surface area contributed by atoms with Crippen LogP contribution in [0.5, 0.6) is 0 Å². The van der Waals surface area contributed by atoms with Crippen molar-refractivity contribution in [2.45, 2.75) is 174 Å². The number of rotatable bonds is 33. The predicted octanol–water partition coefficient (Wildman–Crippen LogP) is 6.50. The first kappa shape index (κ1) is 49.3.